The maximum Gasteiger partial charge on any atom is 0.227 e. The third kappa shape index (κ3) is 2.69. The van der Waals surface area contributed by atoms with Crippen LogP contribution < -0.4 is 5.73 Å². The van der Waals surface area contributed by atoms with E-state index in [4.69, 9.17) is 11.0 Å². The Morgan fingerprint density at radius 1 is 1.67 bits per heavy atom. The molecule has 0 aliphatic heterocycles. The third-order valence-corrected chi connectivity index (χ3v) is 3.28. The quantitative estimate of drug-likeness (QED) is 0.750. The molecule has 0 radical (unpaired) electrons. The van der Waals surface area contributed by atoms with Crippen molar-refractivity contribution in [3.05, 3.63) is 0 Å². The lowest BCUT2D eigenvalue weighted by Crippen LogP contribution is -2.43. The molecular formula is C11H19N3O. The van der Waals surface area contributed by atoms with Gasteiger partial charge in [-0.1, -0.05) is 6.42 Å². The summed E-state index contributed by atoms with van der Waals surface area (Å²) in [4.78, 5) is 13.7. The first kappa shape index (κ1) is 12.0. The van der Waals surface area contributed by atoms with E-state index in [1.807, 2.05) is 6.92 Å². The van der Waals surface area contributed by atoms with E-state index in [-0.39, 0.29) is 23.9 Å². The monoisotopic (exact) mass is 209 g/mol. The van der Waals surface area contributed by atoms with Gasteiger partial charge in [-0.05, 0) is 19.8 Å². The lowest BCUT2D eigenvalue weighted by atomic mass is 10.0. The van der Waals surface area contributed by atoms with Crippen LogP contribution in [-0.2, 0) is 4.79 Å². The van der Waals surface area contributed by atoms with Crippen LogP contribution in [0.25, 0.3) is 0 Å². The molecule has 3 unspecified atom stereocenters. The molecule has 0 bridgehead atoms. The van der Waals surface area contributed by atoms with Crippen molar-refractivity contribution in [2.24, 2.45) is 11.7 Å². The first-order chi connectivity index (χ1) is 7.07. The molecule has 15 heavy (non-hydrogen) atoms. The van der Waals surface area contributed by atoms with Gasteiger partial charge in [-0.25, -0.2) is 0 Å². The smallest absolute Gasteiger partial charge is 0.227 e. The van der Waals surface area contributed by atoms with Gasteiger partial charge in [-0.3, -0.25) is 4.79 Å². The Morgan fingerprint density at radius 3 is 2.80 bits per heavy atom. The molecule has 0 saturated heterocycles. The Morgan fingerprint density at radius 2 is 2.33 bits per heavy atom. The van der Waals surface area contributed by atoms with Gasteiger partial charge in [0.2, 0.25) is 5.91 Å². The molecule has 0 aromatic rings. The van der Waals surface area contributed by atoms with Gasteiger partial charge < -0.3 is 10.6 Å². The van der Waals surface area contributed by atoms with Crippen LogP contribution in [0.4, 0.5) is 0 Å². The maximum atomic E-state index is 12.0. The Balaban J connectivity index is 2.56. The average Bonchev–Trinajstić information content (AvgIpc) is 2.62. The second kappa shape index (κ2) is 5.13. The van der Waals surface area contributed by atoms with Crippen LogP contribution in [0.3, 0.4) is 0 Å². The fourth-order valence-corrected chi connectivity index (χ4v) is 2.04. The topological polar surface area (TPSA) is 70.1 Å². The summed E-state index contributed by atoms with van der Waals surface area (Å²) in [6, 6.07) is 2.07. The number of carbonyl (C=O) groups is 1. The number of rotatable bonds is 3. The second-order valence-electron chi connectivity index (χ2n) is 4.36. The van der Waals surface area contributed by atoms with E-state index in [1.54, 1.807) is 11.9 Å². The molecule has 0 aromatic heterocycles. The minimum absolute atomic E-state index is 0.00855. The third-order valence-electron chi connectivity index (χ3n) is 3.28. The van der Waals surface area contributed by atoms with Crippen LogP contribution in [0, 0.1) is 17.2 Å². The lowest BCUT2D eigenvalue weighted by molar-refractivity contribution is -0.136. The largest absolute Gasteiger partial charge is 0.342 e. The molecule has 3 atom stereocenters. The van der Waals surface area contributed by atoms with Gasteiger partial charge in [0, 0.05) is 19.1 Å². The molecule has 2 N–H and O–H groups in total. The van der Waals surface area contributed by atoms with Crippen molar-refractivity contribution < 1.29 is 4.79 Å². The minimum atomic E-state index is -0.0313. The highest BCUT2D eigenvalue weighted by Gasteiger charge is 2.33. The highest BCUT2D eigenvalue weighted by atomic mass is 16.2. The number of carbonyl (C=O) groups excluding carboxylic acids is 1. The number of amides is 1. The molecule has 0 spiro atoms. The number of nitriles is 1. The van der Waals surface area contributed by atoms with Crippen molar-refractivity contribution >= 4 is 5.91 Å². The Kier molecular flexibility index (Phi) is 4.10. The first-order valence-corrected chi connectivity index (χ1v) is 5.47. The van der Waals surface area contributed by atoms with E-state index in [9.17, 15) is 4.79 Å². The van der Waals surface area contributed by atoms with Crippen LogP contribution >= 0.6 is 0 Å². The van der Waals surface area contributed by atoms with Crippen LogP contribution in [0.1, 0.15) is 32.6 Å². The number of hydrogen-bond donors (Lipinski definition) is 1. The van der Waals surface area contributed by atoms with Crippen molar-refractivity contribution in [3.8, 4) is 6.07 Å². The predicted molar refractivity (Wildman–Crippen MR) is 57.8 cm³/mol. The molecule has 1 aliphatic rings. The molecule has 4 nitrogen and oxygen atoms in total. The van der Waals surface area contributed by atoms with Gasteiger partial charge in [-0.2, -0.15) is 5.26 Å². The molecule has 1 rings (SSSR count). The first-order valence-electron chi connectivity index (χ1n) is 5.47. The fourth-order valence-electron chi connectivity index (χ4n) is 2.04. The second-order valence-corrected chi connectivity index (χ2v) is 4.36. The van der Waals surface area contributed by atoms with E-state index < -0.39 is 0 Å². The summed E-state index contributed by atoms with van der Waals surface area (Å²) in [7, 11) is 1.76. The van der Waals surface area contributed by atoms with E-state index in [2.05, 4.69) is 6.07 Å². The molecule has 1 fully saturated rings. The zero-order valence-corrected chi connectivity index (χ0v) is 9.44. The predicted octanol–water partition coefficient (Wildman–Crippen LogP) is 0.874. The lowest BCUT2D eigenvalue weighted by Gasteiger charge is -2.27. The number of nitrogens with zero attached hydrogens (tertiary/aromatic N) is 2. The number of nitrogens with two attached hydrogens (primary N) is 1. The highest BCUT2D eigenvalue weighted by Crippen LogP contribution is 2.26. The van der Waals surface area contributed by atoms with E-state index in [1.165, 1.54) is 0 Å². The van der Waals surface area contributed by atoms with Gasteiger partial charge in [-0.15, -0.1) is 0 Å². The summed E-state index contributed by atoms with van der Waals surface area (Å²) >= 11 is 0. The zero-order chi connectivity index (χ0) is 11.4. The minimum Gasteiger partial charge on any atom is -0.342 e. The van der Waals surface area contributed by atoms with Crippen molar-refractivity contribution in [3.63, 3.8) is 0 Å². The van der Waals surface area contributed by atoms with Crippen molar-refractivity contribution in [1.82, 2.24) is 4.90 Å². The van der Waals surface area contributed by atoms with Crippen LogP contribution in [0.15, 0.2) is 0 Å². The molecule has 4 heteroatoms. The fraction of sp³-hybridized carbons (Fsp3) is 0.818. The molecule has 84 valence electrons. The van der Waals surface area contributed by atoms with Crippen LogP contribution in [0.2, 0.25) is 0 Å². The van der Waals surface area contributed by atoms with Crippen molar-refractivity contribution in [2.75, 3.05) is 7.05 Å². The summed E-state index contributed by atoms with van der Waals surface area (Å²) in [5.74, 6) is 0.0684. The van der Waals surface area contributed by atoms with Crippen molar-refractivity contribution in [1.29, 1.82) is 5.26 Å². The van der Waals surface area contributed by atoms with Crippen LogP contribution in [0.5, 0.6) is 0 Å². The van der Waals surface area contributed by atoms with E-state index in [0.717, 1.165) is 19.3 Å². The standard InChI is InChI=1S/C11H19N3O/c1-8(6-7-12)14(2)11(15)9-4-3-5-10(9)13/h8-10H,3-6,13H2,1-2H3. The molecule has 1 amide bonds. The molecule has 1 aliphatic carbocycles. The van der Waals surface area contributed by atoms with Crippen LogP contribution in [-0.4, -0.2) is 29.9 Å². The molecule has 0 heterocycles. The summed E-state index contributed by atoms with van der Waals surface area (Å²) in [6.07, 6.45) is 3.25. The molecular weight excluding hydrogens is 190 g/mol. The van der Waals surface area contributed by atoms with E-state index in [0.29, 0.717) is 6.42 Å². The Labute approximate surface area is 91.0 Å². The van der Waals surface area contributed by atoms with Crippen molar-refractivity contribution in [2.45, 2.75) is 44.7 Å². The van der Waals surface area contributed by atoms with Gasteiger partial charge in [0.1, 0.15) is 0 Å². The van der Waals surface area contributed by atoms with Gasteiger partial charge in [0.15, 0.2) is 0 Å². The van der Waals surface area contributed by atoms with Gasteiger partial charge in [0.25, 0.3) is 0 Å². The molecule has 1 saturated carbocycles. The summed E-state index contributed by atoms with van der Waals surface area (Å²) in [5, 5.41) is 8.57. The number of hydrogen-bond acceptors (Lipinski definition) is 3. The normalized spacial score (nSPS) is 27.1. The van der Waals surface area contributed by atoms with E-state index >= 15 is 0 Å². The Hall–Kier alpha value is -1.08. The zero-order valence-electron chi connectivity index (χ0n) is 9.44. The molecule has 0 aromatic carbocycles. The highest BCUT2D eigenvalue weighted by molar-refractivity contribution is 5.80. The SMILES string of the molecule is CC(CC#N)N(C)C(=O)C1CCCC1N. The Bertz CT molecular complexity index is 271. The summed E-state index contributed by atoms with van der Waals surface area (Å²) < 4.78 is 0. The van der Waals surface area contributed by atoms with Gasteiger partial charge in [0.05, 0.1) is 18.4 Å². The average molecular weight is 209 g/mol. The van der Waals surface area contributed by atoms with Gasteiger partial charge >= 0.3 is 0 Å². The maximum absolute atomic E-state index is 12.0. The summed E-state index contributed by atoms with van der Waals surface area (Å²) in [6.45, 7) is 1.89. The summed E-state index contributed by atoms with van der Waals surface area (Å²) in [5.41, 5.74) is 5.88.